The number of halogens is 2. The highest BCUT2D eigenvalue weighted by Crippen LogP contribution is 2.17. The quantitative estimate of drug-likeness (QED) is 0.171. The largest absolute Gasteiger partial charge is 0.369 e. The lowest BCUT2D eigenvalue weighted by Gasteiger charge is -2.36. The van der Waals surface area contributed by atoms with Crippen molar-refractivity contribution in [2.45, 2.75) is 19.8 Å². The Bertz CT molecular complexity index is 806. The van der Waals surface area contributed by atoms with Crippen LogP contribution in [0.25, 0.3) is 0 Å². The minimum Gasteiger partial charge on any atom is -0.369 e. The molecule has 170 valence electrons. The van der Waals surface area contributed by atoms with Gasteiger partial charge in [-0.05, 0) is 55.6 Å². The Balaban J connectivity index is 0.00000341. The number of guanidine groups is 1. The summed E-state index contributed by atoms with van der Waals surface area (Å²) in [5.74, 6) is 0.848. The topological polar surface area (TPSA) is 55.8 Å². The third-order valence-corrected chi connectivity index (χ3v) is 5.62. The summed E-state index contributed by atoms with van der Waals surface area (Å²) in [6, 6.07) is 12.6. The number of anilines is 1. The van der Waals surface area contributed by atoms with Crippen molar-refractivity contribution < 1.29 is 0 Å². The van der Waals surface area contributed by atoms with Crippen LogP contribution in [0.5, 0.6) is 0 Å². The summed E-state index contributed by atoms with van der Waals surface area (Å²) in [5, 5.41) is 7.30. The molecule has 2 N–H and O–H groups in total. The van der Waals surface area contributed by atoms with Gasteiger partial charge in [-0.1, -0.05) is 29.8 Å². The van der Waals surface area contributed by atoms with Gasteiger partial charge in [0.25, 0.3) is 0 Å². The second-order valence-electron chi connectivity index (χ2n) is 7.69. The van der Waals surface area contributed by atoms with Crippen LogP contribution in [0.3, 0.4) is 0 Å². The van der Waals surface area contributed by atoms with E-state index < -0.39 is 0 Å². The molecular formula is C23H34ClIN6. The highest BCUT2D eigenvalue weighted by atomic mass is 127. The van der Waals surface area contributed by atoms with Gasteiger partial charge in [-0.2, -0.15) is 0 Å². The Morgan fingerprint density at radius 2 is 1.87 bits per heavy atom. The lowest BCUT2D eigenvalue weighted by atomic mass is 10.2. The van der Waals surface area contributed by atoms with E-state index in [-0.39, 0.29) is 24.0 Å². The van der Waals surface area contributed by atoms with Crippen LogP contribution < -0.4 is 15.5 Å². The lowest BCUT2D eigenvalue weighted by molar-refractivity contribution is 0.255. The van der Waals surface area contributed by atoms with Crippen molar-refractivity contribution in [1.82, 2.24) is 20.5 Å². The number of nitrogens with one attached hydrogen (secondary N) is 2. The number of rotatable bonds is 8. The Morgan fingerprint density at radius 1 is 1.10 bits per heavy atom. The zero-order chi connectivity index (χ0) is 21.2. The van der Waals surface area contributed by atoms with Crippen LogP contribution in [0, 0.1) is 6.92 Å². The van der Waals surface area contributed by atoms with Gasteiger partial charge in [-0.25, -0.2) is 4.98 Å². The van der Waals surface area contributed by atoms with E-state index in [1.54, 1.807) is 0 Å². The summed E-state index contributed by atoms with van der Waals surface area (Å²) >= 11 is 5.82. The van der Waals surface area contributed by atoms with E-state index >= 15 is 0 Å². The maximum atomic E-state index is 5.82. The molecule has 0 saturated carbocycles. The van der Waals surface area contributed by atoms with Crippen LogP contribution in [0.4, 0.5) is 5.69 Å². The zero-order valence-corrected chi connectivity index (χ0v) is 21.6. The molecule has 31 heavy (non-hydrogen) atoms. The minimum atomic E-state index is 0. The molecule has 0 radical (unpaired) electrons. The van der Waals surface area contributed by atoms with Gasteiger partial charge < -0.3 is 15.5 Å². The van der Waals surface area contributed by atoms with Gasteiger partial charge in [0.2, 0.25) is 0 Å². The van der Waals surface area contributed by atoms with E-state index in [2.05, 4.69) is 61.6 Å². The van der Waals surface area contributed by atoms with Gasteiger partial charge in [0.1, 0.15) is 5.15 Å². The third kappa shape index (κ3) is 8.82. The van der Waals surface area contributed by atoms with Crippen molar-refractivity contribution >= 4 is 47.2 Å². The van der Waals surface area contributed by atoms with Gasteiger partial charge in [-0.15, -0.1) is 24.0 Å². The van der Waals surface area contributed by atoms with E-state index in [1.165, 1.54) is 11.3 Å². The normalized spacial score (nSPS) is 14.8. The van der Waals surface area contributed by atoms with Crippen LogP contribution in [0.15, 0.2) is 47.6 Å². The molecule has 1 aliphatic rings. The molecule has 0 spiro atoms. The molecule has 0 atom stereocenters. The molecule has 1 saturated heterocycles. The van der Waals surface area contributed by atoms with Gasteiger partial charge in [0.05, 0.1) is 0 Å². The molecule has 3 rings (SSSR count). The Hall–Kier alpha value is -1.58. The maximum absolute atomic E-state index is 5.82. The summed E-state index contributed by atoms with van der Waals surface area (Å²) in [6.45, 7) is 9.43. The van der Waals surface area contributed by atoms with Crippen molar-refractivity contribution in [3.8, 4) is 0 Å². The summed E-state index contributed by atoms with van der Waals surface area (Å²) in [6.07, 6.45) is 3.81. The number of hydrogen-bond acceptors (Lipinski definition) is 4. The van der Waals surface area contributed by atoms with Crippen LogP contribution in [0.1, 0.15) is 17.5 Å². The van der Waals surface area contributed by atoms with Crippen LogP contribution in [-0.2, 0) is 6.42 Å². The van der Waals surface area contributed by atoms with Crippen molar-refractivity contribution in [3.63, 3.8) is 0 Å². The summed E-state index contributed by atoms with van der Waals surface area (Å²) in [7, 11) is 1.81. The van der Waals surface area contributed by atoms with E-state index in [0.29, 0.717) is 5.15 Å². The fourth-order valence-corrected chi connectivity index (χ4v) is 3.78. The molecule has 2 aromatic rings. The molecule has 6 nitrogen and oxygen atoms in total. The first-order valence-electron chi connectivity index (χ1n) is 10.7. The predicted octanol–water partition coefficient (Wildman–Crippen LogP) is 3.58. The first-order valence-corrected chi connectivity index (χ1v) is 11.1. The van der Waals surface area contributed by atoms with Crippen LogP contribution >= 0.6 is 35.6 Å². The smallest absolute Gasteiger partial charge is 0.190 e. The van der Waals surface area contributed by atoms with Gasteiger partial charge in [0, 0.05) is 58.2 Å². The second-order valence-corrected chi connectivity index (χ2v) is 8.07. The monoisotopic (exact) mass is 556 g/mol. The molecule has 1 aliphatic heterocycles. The molecule has 0 bridgehead atoms. The minimum absolute atomic E-state index is 0. The molecule has 8 heteroatoms. The van der Waals surface area contributed by atoms with Crippen molar-refractivity contribution in [1.29, 1.82) is 0 Å². The first-order chi connectivity index (χ1) is 14.6. The number of nitrogens with zero attached hydrogens (tertiary/aromatic N) is 4. The fourth-order valence-electron chi connectivity index (χ4n) is 3.66. The van der Waals surface area contributed by atoms with E-state index in [9.17, 15) is 0 Å². The second kappa shape index (κ2) is 13.8. The fraction of sp³-hybridized carbons (Fsp3) is 0.478. The number of aryl methyl sites for hydroxylation is 1. The molecule has 1 aromatic carbocycles. The Labute approximate surface area is 208 Å². The molecule has 0 aliphatic carbocycles. The van der Waals surface area contributed by atoms with Gasteiger partial charge in [0.15, 0.2) is 5.96 Å². The first kappa shape index (κ1) is 25.7. The van der Waals surface area contributed by atoms with Gasteiger partial charge in [-0.3, -0.25) is 9.89 Å². The number of piperazine rings is 1. The molecule has 0 unspecified atom stereocenters. The highest BCUT2D eigenvalue weighted by Gasteiger charge is 2.16. The standard InChI is InChI=1S/C23H33ClN6.HI/c1-19-5-3-6-21(17-19)30-15-13-29(14-16-30)12-4-10-26-23(25-2)27-11-9-20-7-8-22(24)28-18-20;/h3,5-8,17-18H,4,9-16H2,1-2H3,(H2,25,26,27);1H. The molecular weight excluding hydrogens is 523 g/mol. The number of benzene rings is 1. The molecule has 0 amide bonds. The lowest BCUT2D eigenvalue weighted by Crippen LogP contribution is -2.47. The number of hydrogen-bond donors (Lipinski definition) is 2. The summed E-state index contributed by atoms with van der Waals surface area (Å²) in [5.41, 5.74) is 3.83. The van der Waals surface area contributed by atoms with Gasteiger partial charge >= 0.3 is 0 Å². The molecule has 1 fully saturated rings. The highest BCUT2D eigenvalue weighted by molar-refractivity contribution is 14.0. The van der Waals surface area contributed by atoms with Crippen molar-refractivity contribution in [2.75, 3.05) is 57.8 Å². The predicted molar refractivity (Wildman–Crippen MR) is 142 cm³/mol. The molecule has 2 heterocycles. The average molecular weight is 557 g/mol. The zero-order valence-electron chi connectivity index (χ0n) is 18.5. The van der Waals surface area contributed by atoms with Crippen molar-refractivity contribution in [3.05, 3.63) is 58.9 Å². The third-order valence-electron chi connectivity index (χ3n) is 5.40. The van der Waals surface area contributed by atoms with Crippen molar-refractivity contribution in [2.24, 2.45) is 4.99 Å². The molecule has 1 aromatic heterocycles. The van der Waals surface area contributed by atoms with E-state index in [4.69, 9.17) is 11.6 Å². The average Bonchev–Trinajstić information content (AvgIpc) is 2.77. The Morgan fingerprint density at radius 3 is 2.55 bits per heavy atom. The van der Waals surface area contributed by atoms with Crippen LogP contribution in [-0.4, -0.2) is 68.7 Å². The summed E-state index contributed by atoms with van der Waals surface area (Å²) < 4.78 is 0. The van der Waals surface area contributed by atoms with E-state index in [0.717, 1.165) is 70.2 Å². The van der Waals surface area contributed by atoms with E-state index in [1.807, 2.05) is 25.4 Å². The van der Waals surface area contributed by atoms with Crippen LogP contribution in [0.2, 0.25) is 5.15 Å². The Kier molecular flexibility index (Phi) is 11.4. The number of aromatic nitrogens is 1. The SMILES string of the molecule is CN=C(NCCCN1CCN(c2cccc(C)c2)CC1)NCCc1ccc(Cl)nc1.I. The number of pyridine rings is 1. The maximum Gasteiger partial charge on any atom is 0.190 e. The summed E-state index contributed by atoms with van der Waals surface area (Å²) in [4.78, 5) is 13.5. The number of aliphatic imine (C=N–C) groups is 1.